The van der Waals surface area contributed by atoms with Crippen molar-refractivity contribution in [1.29, 1.82) is 0 Å². The highest BCUT2D eigenvalue weighted by atomic mass is 19.4. The lowest BCUT2D eigenvalue weighted by Crippen LogP contribution is -2.63. The minimum absolute atomic E-state index is 0.0269. The van der Waals surface area contributed by atoms with E-state index < -0.39 is 23.2 Å². The number of alkyl halides is 3. The van der Waals surface area contributed by atoms with E-state index >= 15 is 0 Å². The molecule has 2 N–H and O–H groups in total. The molecule has 0 spiro atoms. The number of likely N-dealkylation sites (tertiary alicyclic amines) is 1. The summed E-state index contributed by atoms with van der Waals surface area (Å²) in [7, 11) is 0. The summed E-state index contributed by atoms with van der Waals surface area (Å²) in [6.07, 6.45) is 0.250. The zero-order valence-electron chi connectivity index (χ0n) is 25.0. The van der Waals surface area contributed by atoms with E-state index in [-0.39, 0.29) is 23.9 Å². The third-order valence-corrected chi connectivity index (χ3v) is 8.90. The first kappa shape index (κ1) is 31.7. The Labute approximate surface area is 257 Å². The van der Waals surface area contributed by atoms with Crippen LogP contribution in [-0.4, -0.2) is 73.0 Å². The van der Waals surface area contributed by atoms with Crippen LogP contribution >= 0.6 is 0 Å². The number of rotatable bonds is 10. The predicted octanol–water partition coefficient (Wildman–Crippen LogP) is 5.70. The third kappa shape index (κ3) is 7.87. The molecule has 2 aliphatic rings. The van der Waals surface area contributed by atoms with Crippen molar-refractivity contribution < 1.29 is 22.8 Å². The first-order chi connectivity index (χ1) is 21.2. The summed E-state index contributed by atoms with van der Waals surface area (Å²) >= 11 is 0. The van der Waals surface area contributed by atoms with Crippen molar-refractivity contribution in [1.82, 2.24) is 20.4 Å². The van der Waals surface area contributed by atoms with Gasteiger partial charge >= 0.3 is 6.18 Å². The fourth-order valence-electron chi connectivity index (χ4n) is 6.34. The molecule has 3 aromatic carbocycles. The Morgan fingerprint density at radius 3 is 2.05 bits per heavy atom. The zero-order valence-corrected chi connectivity index (χ0v) is 25.0. The monoisotopic (exact) mass is 606 g/mol. The van der Waals surface area contributed by atoms with Crippen LogP contribution in [0.1, 0.15) is 65.1 Å². The molecule has 2 amide bonds. The van der Waals surface area contributed by atoms with Crippen LogP contribution in [-0.2, 0) is 11.0 Å². The van der Waals surface area contributed by atoms with Gasteiger partial charge in [-0.1, -0.05) is 67.1 Å². The van der Waals surface area contributed by atoms with Gasteiger partial charge in [0, 0.05) is 37.7 Å². The molecule has 0 saturated carbocycles. The quantitative estimate of drug-likeness (QED) is 0.311. The molecule has 2 fully saturated rings. The molecule has 6 nitrogen and oxygen atoms in total. The average Bonchev–Trinajstić information content (AvgIpc) is 3.20. The number of piperidine rings is 1. The van der Waals surface area contributed by atoms with Crippen molar-refractivity contribution in [2.45, 2.75) is 49.7 Å². The Bertz CT molecular complexity index is 1320. The standard InChI is InChI=1S/C35H41F3N4O2/c36-35(37,38)30-17-15-29(16-18-30)32(43)39-26-34(19-24-41-21-8-3-9-22-41)33(44)42(23-10-20-40-34)25-31(27-11-4-1-5-12-27)28-13-6-2-7-14-28/h1-2,4-7,11-18,31,40H,3,8-10,19-26H2,(H,39,43)/t34-/m0/s1. The average molecular weight is 607 g/mol. The van der Waals surface area contributed by atoms with Gasteiger partial charge in [0.05, 0.1) is 5.56 Å². The fraction of sp³-hybridized carbons (Fsp3) is 0.429. The summed E-state index contributed by atoms with van der Waals surface area (Å²) in [5, 5.41) is 6.42. The SMILES string of the molecule is O=C(NC[C@]1(CCN2CCCCC2)NCCCN(CC(c2ccccc2)c2ccccc2)C1=O)c1ccc(C(F)(F)F)cc1. The van der Waals surface area contributed by atoms with Crippen molar-refractivity contribution in [3.63, 3.8) is 0 Å². The van der Waals surface area contributed by atoms with Crippen molar-refractivity contribution in [2.24, 2.45) is 0 Å². The number of nitrogens with one attached hydrogen (secondary N) is 2. The Hall–Kier alpha value is -3.69. The normalized spacial score (nSPS) is 20.0. The number of carbonyl (C=O) groups excluding carboxylic acids is 2. The van der Waals surface area contributed by atoms with E-state index in [2.05, 4.69) is 39.8 Å². The van der Waals surface area contributed by atoms with E-state index in [9.17, 15) is 22.8 Å². The van der Waals surface area contributed by atoms with E-state index in [1.807, 2.05) is 41.3 Å². The highest BCUT2D eigenvalue weighted by Crippen LogP contribution is 2.30. The van der Waals surface area contributed by atoms with Crippen LogP contribution in [0.15, 0.2) is 84.9 Å². The van der Waals surface area contributed by atoms with Gasteiger partial charge in [-0.15, -0.1) is 0 Å². The highest BCUT2D eigenvalue weighted by Gasteiger charge is 2.43. The van der Waals surface area contributed by atoms with Crippen molar-refractivity contribution in [3.8, 4) is 0 Å². The first-order valence-corrected chi connectivity index (χ1v) is 15.6. The lowest BCUT2D eigenvalue weighted by atomic mass is 9.88. The Kier molecular flexibility index (Phi) is 10.4. The largest absolute Gasteiger partial charge is 0.416 e. The third-order valence-electron chi connectivity index (χ3n) is 8.90. The minimum Gasteiger partial charge on any atom is -0.350 e. The number of halogens is 3. The summed E-state index contributed by atoms with van der Waals surface area (Å²) in [6.45, 7) is 4.40. The van der Waals surface area contributed by atoms with Crippen LogP contribution in [0, 0.1) is 0 Å². The topological polar surface area (TPSA) is 64.7 Å². The number of amides is 2. The lowest BCUT2D eigenvalue weighted by Gasteiger charge is -2.39. The van der Waals surface area contributed by atoms with Gasteiger partial charge in [-0.3, -0.25) is 9.59 Å². The van der Waals surface area contributed by atoms with Gasteiger partial charge in [0.15, 0.2) is 0 Å². The van der Waals surface area contributed by atoms with Crippen LogP contribution in [0.5, 0.6) is 0 Å². The van der Waals surface area contributed by atoms with Gasteiger partial charge in [-0.2, -0.15) is 13.2 Å². The zero-order chi connectivity index (χ0) is 31.0. The summed E-state index contributed by atoms with van der Waals surface area (Å²) in [6, 6.07) is 24.5. The maximum absolute atomic E-state index is 14.6. The van der Waals surface area contributed by atoms with Crippen molar-refractivity contribution in [3.05, 3.63) is 107 Å². The molecule has 0 bridgehead atoms. The van der Waals surface area contributed by atoms with Crippen LogP contribution < -0.4 is 10.6 Å². The van der Waals surface area contributed by atoms with Gasteiger partial charge in [0.2, 0.25) is 5.91 Å². The molecule has 0 aliphatic carbocycles. The van der Waals surface area contributed by atoms with Gasteiger partial charge in [0.1, 0.15) is 5.54 Å². The summed E-state index contributed by atoms with van der Waals surface area (Å²) < 4.78 is 39.2. The van der Waals surface area contributed by atoms with E-state index in [0.29, 0.717) is 32.6 Å². The molecule has 2 heterocycles. The molecule has 234 valence electrons. The van der Waals surface area contributed by atoms with E-state index in [4.69, 9.17) is 0 Å². The smallest absolute Gasteiger partial charge is 0.350 e. The van der Waals surface area contributed by atoms with Crippen molar-refractivity contribution in [2.75, 3.05) is 45.8 Å². The molecule has 2 saturated heterocycles. The summed E-state index contributed by atoms with van der Waals surface area (Å²) in [4.78, 5) is 32.1. The van der Waals surface area contributed by atoms with E-state index in [1.165, 1.54) is 18.6 Å². The van der Waals surface area contributed by atoms with Gasteiger partial charge in [0.25, 0.3) is 5.91 Å². The molecule has 44 heavy (non-hydrogen) atoms. The molecule has 0 unspecified atom stereocenters. The molecule has 2 aliphatic heterocycles. The van der Waals surface area contributed by atoms with E-state index in [1.54, 1.807) is 0 Å². The lowest BCUT2D eigenvalue weighted by molar-refractivity contribution is -0.138. The molecule has 5 rings (SSSR count). The number of nitrogens with zero attached hydrogens (tertiary/aromatic N) is 2. The van der Waals surface area contributed by atoms with Gasteiger partial charge < -0.3 is 20.4 Å². The van der Waals surface area contributed by atoms with E-state index in [0.717, 1.165) is 55.6 Å². The summed E-state index contributed by atoms with van der Waals surface area (Å²) in [5.41, 5.74) is 0.509. The van der Waals surface area contributed by atoms with Crippen molar-refractivity contribution >= 4 is 11.8 Å². The summed E-state index contributed by atoms with van der Waals surface area (Å²) in [5.74, 6) is -0.592. The number of benzene rings is 3. The maximum Gasteiger partial charge on any atom is 0.416 e. The predicted molar refractivity (Wildman–Crippen MR) is 165 cm³/mol. The van der Waals surface area contributed by atoms with Crippen LogP contribution in [0.25, 0.3) is 0 Å². The fourth-order valence-corrected chi connectivity index (χ4v) is 6.34. The second-order valence-corrected chi connectivity index (χ2v) is 11.9. The second-order valence-electron chi connectivity index (χ2n) is 11.9. The van der Waals surface area contributed by atoms with Gasteiger partial charge in [-0.05, 0) is 80.7 Å². The Balaban J connectivity index is 1.39. The molecule has 1 atom stereocenters. The minimum atomic E-state index is -4.48. The van der Waals surface area contributed by atoms with Crippen LogP contribution in [0.4, 0.5) is 13.2 Å². The number of carbonyl (C=O) groups is 2. The first-order valence-electron chi connectivity index (χ1n) is 15.6. The molecule has 9 heteroatoms. The van der Waals surface area contributed by atoms with Gasteiger partial charge in [-0.25, -0.2) is 0 Å². The molecule has 0 radical (unpaired) electrons. The molecule has 0 aromatic heterocycles. The number of hydrogen-bond donors (Lipinski definition) is 2. The van der Waals surface area contributed by atoms with Crippen LogP contribution in [0.3, 0.4) is 0 Å². The molecule has 3 aromatic rings. The van der Waals surface area contributed by atoms with Crippen LogP contribution in [0.2, 0.25) is 0 Å². The maximum atomic E-state index is 14.6. The molecular formula is C35H41F3N4O2. The highest BCUT2D eigenvalue weighted by molar-refractivity contribution is 5.95. The second kappa shape index (κ2) is 14.4. The Morgan fingerprint density at radius 1 is 0.841 bits per heavy atom. The number of hydrogen-bond acceptors (Lipinski definition) is 4. The Morgan fingerprint density at radius 2 is 1.45 bits per heavy atom. The molecular weight excluding hydrogens is 565 g/mol.